The average molecular weight is 491 g/mol. The Hall–Kier alpha value is -3.95. The van der Waals surface area contributed by atoms with E-state index >= 15 is 0 Å². The number of aromatic nitrogens is 1. The monoisotopic (exact) mass is 490 g/mol. The molecule has 0 radical (unpaired) electrons. The van der Waals surface area contributed by atoms with Crippen molar-refractivity contribution in [2.45, 2.75) is 6.54 Å². The van der Waals surface area contributed by atoms with Gasteiger partial charge in [-0.3, -0.25) is 14.5 Å². The number of anilines is 1. The molecule has 2 aromatic carbocycles. The minimum Gasteiger partial charge on any atom is -0.459 e. The van der Waals surface area contributed by atoms with Gasteiger partial charge in [0.15, 0.2) is 5.76 Å². The summed E-state index contributed by atoms with van der Waals surface area (Å²) in [6, 6.07) is 16.8. The Balaban J connectivity index is 1.39. The molecule has 1 fully saturated rings. The number of amides is 2. The maximum Gasteiger partial charge on any atom is 0.291 e. The Kier molecular flexibility index (Phi) is 7.11. The number of carbonyl (C=O) groups is 2. The van der Waals surface area contributed by atoms with Crippen LogP contribution in [0.15, 0.2) is 71.3 Å². The van der Waals surface area contributed by atoms with Gasteiger partial charge in [-0.15, -0.1) is 0 Å². The Morgan fingerprint density at radius 1 is 0.972 bits per heavy atom. The van der Waals surface area contributed by atoms with Gasteiger partial charge in [-0.25, -0.2) is 4.39 Å². The summed E-state index contributed by atoms with van der Waals surface area (Å²) >= 11 is 0. The third-order valence-electron chi connectivity index (χ3n) is 6.18. The number of benzene rings is 2. The van der Waals surface area contributed by atoms with Crippen LogP contribution in [0.3, 0.4) is 0 Å². The van der Waals surface area contributed by atoms with Crippen LogP contribution in [0.5, 0.6) is 0 Å². The van der Waals surface area contributed by atoms with E-state index in [0.29, 0.717) is 37.7 Å². The van der Waals surface area contributed by atoms with Gasteiger partial charge in [0.1, 0.15) is 11.5 Å². The Bertz CT molecular complexity index is 1360. The molecule has 1 saturated heterocycles. The highest BCUT2D eigenvalue weighted by Gasteiger charge is 2.18. The van der Waals surface area contributed by atoms with Gasteiger partial charge < -0.3 is 24.4 Å². The molecule has 0 spiro atoms. The maximum absolute atomic E-state index is 13.9. The highest BCUT2D eigenvalue weighted by Crippen LogP contribution is 2.25. The normalized spacial score (nSPS) is 14.1. The molecule has 4 aromatic rings. The zero-order valence-electron chi connectivity index (χ0n) is 19.7. The second kappa shape index (κ2) is 10.8. The second-order valence-corrected chi connectivity index (χ2v) is 8.66. The molecule has 1 aliphatic heterocycles. The van der Waals surface area contributed by atoms with Crippen molar-refractivity contribution in [3.05, 3.63) is 89.8 Å². The number of carbonyl (C=O) groups excluding carboxylic acids is 2. The highest BCUT2D eigenvalue weighted by molar-refractivity contribution is 6.04. The lowest BCUT2D eigenvalue weighted by Crippen LogP contribution is -2.41. The molecule has 0 aliphatic carbocycles. The summed E-state index contributed by atoms with van der Waals surface area (Å²) < 4.78 is 26.3. The smallest absolute Gasteiger partial charge is 0.291 e. The lowest BCUT2D eigenvalue weighted by Gasteiger charge is -2.26. The first-order valence-corrected chi connectivity index (χ1v) is 11.9. The first-order valence-electron chi connectivity index (χ1n) is 11.9. The standard InChI is InChI=1S/C27H27FN4O4/c28-21-4-1-3-19(15-21)18-32-23-7-6-22(30-27(34)25-5-2-12-36-25)16-20(23)17-24(32)26(33)29-8-9-31-10-13-35-14-11-31/h1-7,12,15-17H,8-11,13-14,18H2,(H,29,33)(H,30,34). The molecule has 36 heavy (non-hydrogen) atoms. The van der Waals surface area contributed by atoms with Gasteiger partial charge in [-0.1, -0.05) is 12.1 Å². The van der Waals surface area contributed by atoms with Crippen LogP contribution in [0, 0.1) is 5.82 Å². The second-order valence-electron chi connectivity index (χ2n) is 8.66. The van der Waals surface area contributed by atoms with E-state index in [0.717, 1.165) is 36.1 Å². The van der Waals surface area contributed by atoms with Gasteiger partial charge >= 0.3 is 0 Å². The van der Waals surface area contributed by atoms with E-state index in [1.807, 2.05) is 22.8 Å². The first-order chi connectivity index (χ1) is 17.6. The number of nitrogens with zero attached hydrogens (tertiary/aromatic N) is 2. The van der Waals surface area contributed by atoms with Crippen LogP contribution in [0.1, 0.15) is 26.6 Å². The van der Waals surface area contributed by atoms with Crippen LogP contribution in [0.25, 0.3) is 10.9 Å². The van der Waals surface area contributed by atoms with Crippen molar-refractivity contribution < 1.29 is 23.1 Å². The van der Waals surface area contributed by atoms with Crippen LogP contribution >= 0.6 is 0 Å². The largest absolute Gasteiger partial charge is 0.459 e. The lowest BCUT2D eigenvalue weighted by molar-refractivity contribution is 0.0383. The number of morpholine rings is 1. The lowest BCUT2D eigenvalue weighted by atomic mass is 10.2. The molecule has 3 heterocycles. The van der Waals surface area contributed by atoms with Gasteiger partial charge in [-0.05, 0) is 54.1 Å². The van der Waals surface area contributed by atoms with Gasteiger partial charge in [0, 0.05) is 49.3 Å². The summed E-state index contributed by atoms with van der Waals surface area (Å²) in [6.07, 6.45) is 1.44. The molecule has 0 saturated carbocycles. The van der Waals surface area contributed by atoms with E-state index in [1.165, 1.54) is 18.4 Å². The molecule has 1 aliphatic rings. The minimum atomic E-state index is -0.361. The molecule has 2 N–H and O–H groups in total. The van der Waals surface area contributed by atoms with Crippen molar-refractivity contribution in [1.29, 1.82) is 0 Å². The average Bonchev–Trinajstić information content (AvgIpc) is 3.54. The fourth-order valence-electron chi connectivity index (χ4n) is 4.37. The van der Waals surface area contributed by atoms with E-state index < -0.39 is 0 Å². The van der Waals surface area contributed by atoms with Crippen molar-refractivity contribution in [1.82, 2.24) is 14.8 Å². The van der Waals surface area contributed by atoms with Crippen LogP contribution in [-0.2, 0) is 11.3 Å². The fourth-order valence-corrected chi connectivity index (χ4v) is 4.37. The minimum absolute atomic E-state index is 0.208. The summed E-state index contributed by atoms with van der Waals surface area (Å²) in [7, 11) is 0. The fraction of sp³-hybridized carbons (Fsp3) is 0.259. The number of fused-ring (bicyclic) bond motifs is 1. The van der Waals surface area contributed by atoms with Crippen LogP contribution < -0.4 is 10.6 Å². The number of hydrogen-bond acceptors (Lipinski definition) is 5. The van der Waals surface area contributed by atoms with Crippen molar-refractivity contribution in [2.24, 2.45) is 0 Å². The van der Waals surface area contributed by atoms with Gasteiger partial charge in [-0.2, -0.15) is 0 Å². The van der Waals surface area contributed by atoms with Gasteiger partial charge in [0.25, 0.3) is 11.8 Å². The van der Waals surface area contributed by atoms with Crippen molar-refractivity contribution in [3.8, 4) is 0 Å². The van der Waals surface area contributed by atoms with E-state index in [1.54, 1.807) is 30.3 Å². The topological polar surface area (TPSA) is 88.7 Å². The summed E-state index contributed by atoms with van der Waals surface area (Å²) in [5.74, 6) is -0.695. The summed E-state index contributed by atoms with van der Waals surface area (Å²) in [6.45, 7) is 4.67. The third kappa shape index (κ3) is 5.48. The predicted molar refractivity (Wildman–Crippen MR) is 134 cm³/mol. The molecule has 186 valence electrons. The number of furan rings is 1. The number of nitrogens with one attached hydrogen (secondary N) is 2. The van der Waals surface area contributed by atoms with Gasteiger partial charge in [0.2, 0.25) is 0 Å². The van der Waals surface area contributed by atoms with E-state index in [4.69, 9.17) is 9.15 Å². The quantitative estimate of drug-likeness (QED) is 0.393. The van der Waals surface area contributed by atoms with E-state index in [-0.39, 0.29) is 23.4 Å². The summed E-state index contributed by atoms with van der Waals surface area (Å²) in [5, 5.41) is 6.61. The Morgan fingerprint density at radius 2 is 1.83 bits per heavy atom. The SMILES string of the molecule is O=C(Nc1ccc2c(c1)cc(C(=O)NCCN1CCOCC1)n2Cc1cccc(F)c1)c1ccco1. The molecular weight excluding hydrogens is 463 g/mol. The number of ether oxygens (including phenoxy) is 1. The van der Waals surface area contributed by atoms with Crippen LogP contribution in [0.4, 0.5) is 10.1 Å². The van der Waals surface area contributed by atoms with E-state index in [2.05, 4.69) is 15.5 Å². The molecule has 8 nitrogen and oxygen atoms in total. The molecule has 0 atom stereocenters. The number of halogens is 1. The molecule has 2 amide bonds. The van der Waals surface area contributed by atoms with Crippen molar-refractivity contribution >= 4 is 28.4 Å². The van der Waals surface area contributed by atoms with Gasteiger partial charge in [0.05, 0.1) is 19.5 Å². The molecule has 0 unspecified atom stereocenters. The molecular formula is C27H27FN4O4. The van der Waals surface area contributed by atoms with Crippen molar-refractivity contribution in [3.63, 3.8) is 0 Å². The Labute approximate surface area is 207 Å². The predicted octanol–water partition coefficient (Wildman–Crippen LogP) is 3.74. The molecule has 0 bridgehead atoms. The number of rotatable bonds is 8. The maximum atomic E-state index is 13.9. The number of hydrogen-bond donors (Lipinski definition) is 2. The molecule has 5 rings (SSSR count). The summed E-state index contributed by atoms with van der Waals surface area (Å²) in [5.41, 5.74) is 2.58. The van der Waals surface area contributed by atoms with E-state index in [9.17, 15) is 14.0 Å². The summed E-state index contributed by atoms with van der Waals surface area (Å²) in [4.78, 5) is 27.9. The Morgan fingerprint density at radius 3 is 2.61 bits per heavy atom. The highest BCUT2D eigenvalue weighted by atomic mass is 19.1. The zero-order valence-corrected chi connectivity index (χ0v) is 19.7. The molecule has 2 aromatic heterocycles. The zero-order chi connectivity index (χ0) is 24.9. The first kappa shape index (κ1) is 23.8. The molecule has 9 heteroatoms. The van der Waals surface area contributed by atoms with Crippen LogP contribution in [-0.4, -0.2) is 60.7 Å². The van der Waals surface area contributed by atoms with Crippen LogP contribution in [0.2, 0.25) is 0 Å². The van der Waals surface area contributed by atoms with Crippen molar-refractivity contribution in [2.75, 3.05) is 44.7 Å². The third-order valence-corrected chi connectivity index (χ3v) is 6.18.